The van der Waals surface area contributed by atoms with Crippen LogP contribution in [0.1, 0.15) is 12.8 Å². The predicted molar refractivity (Wildman–Crippen MR) is 56.2 cm³/mol. The van der Waals surface area contributed by atoms with Gasteiger partial charge in [0.05, 0.1) is 18.1 Å². The zero-order valence-electron chi connectivity index (χ0n) is 9.15. The molecule has 0 aromatic heterocycles. The molecule has 8 heteroatoms. The van der Waals surface area contributed by atoms with Crippen molar-refractivity contribution in [1.82, 2.24) is 4.90 Å². The molecular weight excluding hydrogens is 257 g/mol. The number of halogens is 3. The van der Waals surface area contributed by atoms with Gasteiger partial charge in [-0.15, -0.1) is 0 Å². The molecule has 1 saturated heterocycles. The van der Waals surface area contributed by atoms with E-state index in [1.54, 1.807) is 0 Å². The molecule has 0 aromatic rings. The molecule has 1 aliphatic heterocycles. The lowest BCUT2D eigenvalue weighted by atomic mass is 10.1. The average Bonchev–Trinajstić information content (AvgIpc) is 2.87. The third-order valence-electron chi connectivity index (χ3n) is 3.17. The lowest BCUT2D eigenvalue weighted by molar-refractivity contribution is -0.151. The molecule has 0 amide bonds. The molecule has 0 bridgehead atoms. The smallest absolute Gasteiger partial charge is 0.325 e. The number of nitrogens with zero attached hydrogens (tertiary/aromatic N) is 1. The second kappa shape index (κ2) is 4.10. The molecule has 1 aliphatic carbocycles. The zero-order valence-corrected chi connectivity index (χ0v) is 9.97. The van der Waals surface area contributed by atoms with Gasteiger partial charge in [-0.25, -0.2) is 8.42 Å². The number of rotatable bonds is 3. The summed E-state index contributed by atoms with van der Waals surface area (Å²) in [5.74, 6) is -0.459. The van der Waals surface area contributed by atoms with Crippen molar-refractivity contribution in [2.24, 2.45) is 5.73 Å². The molecule has 1 saturated carbocycles. The van der Waals surface area contributed by atoms with Gasteiger partial charge in [0.25, 0.3) is 0 Å². The highest BCUT2D eigenvalue weighted by atomic mass is 32.2. The first-order chi connectivity index (χ1) is 7.68. The molecule has 2 aliphatic rings. The van der Waals surface area contributed by atoms with Gasteiger partial charge in [0.2, 0.25) is 0 Å². The van der Waals surface area contributed by atoms with E-state index in [-0.39, 0.29) is 17.5 Å². The minimum absolute atomic E-state index is 0.152. The number of nitrogens with two attached hydrogens (primary N) is 1. The van der Waals surface area contributed by atoms with Crippen molar-refractivity contribution in [3.8, 4) is 0 Å². The summed E-state index contributed by atoms with van der Waals surface area (Å²) in [5.41, 5.74) is 5.65. The molecular formula is C9H15F3N2O2S. The second-order valence-corrected chi connectivity index (χ2v) is 6.98. The van der Waals surface area contributed by atoms with E-state index in [0.29, 0.717) is 12.8 Å². The van der Waals surface area contributed by atoms with Crippen LogP contribution in [0.3, 0.4) is 0 Å². The fourth-order valence-electron chi connectivity index (χ4n) is 2.33. The fraction of sp³-hybridized carbons (Fsp3) is 1.00. The van der Waals surface area contributed by atoms with Crippen molar-refractivity contribution >= 4 is 9.84 Å². The van der Waals surface area contributed by atoms with Crippen LogP contribution in [0.15, 0.2) is 0 Å². The maximum atomic E-state index is 12.4. The van der Waals surface area contributed by atoms with E-state index in [4.69, 9.17) is 5.73 Å². The molecule has 2 N–H and O–H groups in total. The Bertz CT molecular complexity index is 392. The third kappa shape index (κ3) is 3.32. The first-order valence-corrected chi connectivity index (χ1v) is 7.28. The Morgan fingerprint density at radius 2 is 1.82 bits per heavy atom. The van der Waals surface area contributed by atoms with E-state index in [9.17, 15) is 21.6 Å². The zero-order chi connectivity index (χ0) is 12.8. The van der Waals surface area contributed by atoms with Gasteiger partial charge in [0.1, 0.15) is 0 Å². The molecule has 2 rings (SSSR count). The highest BCUT2D eigenvalue weighted by molar-refractivity contribution is 7.91. The van der Waals surface area contributed by atoms with E-state index in [1.165, 1.54) is 4.90 Å². The number of hydrogen-bond donors (Lipinski definition) is 1. The van der Waals surface area contributed by atoms with E-state index in [1.807, 2.05) is 0 Å². The normalized spacial score (nSPS) is 33.2. The molecule has 2 fully saturated rings. The molecule has 0 spiro atoms. The Morgan fingerprint density at radius 1 is 1.24 bits per heavy atom. The summed E-state index contributed by atoms with van der Waals surface area (Å²) in [4.78, 5) is 1.23. The van der Waals surface area contributed by atoms with Crippen LogP contribution in [0.2, 0.25) is 0 Å². The van der Waals surface area contributed by atoms with Crippen LogP contribution in [-0.4, -0.2) is 55.7 Å². The summed E-state index contributed by atoms with van der Waals surface area (Å²) < 4.78 is 60.1. The van der Waals surface area contributed by atoms with E-state index < -0.39 is 34.6 Å². The molecule has 2 atom stereocenters. The van der Waals surface area contributed by atoms with Crippen molar-refractivity contribution in [2.45, 2.75) is 37.1 Å². The minimum Gasteiger partial charge on any atom is -0.325 e. The quantitative estimate of drug-likeness (QED) is 0.793. The van der Waals surface area contributed by atoms with Crippen LogP contribution >= 0.6 is 0 Å². The van der Waals surface area contributed by atoms with Crippen molar-refractivity contribution in [3.05, 3.63) is 0 Å². The van der Waals surface area contributed by atoms with Gasteiger partial charge < -0.3 is 5.73 Å². The second-order valence-electron chi connectivity index (χ2n) is 4.83. The third-order valence-corrected chi connectivity index (χ3v) is 4.91. The summed E-state index contributed by atoms with van der Waals surface area (Å²) in [6.07, 6.45) is -2.92. The Kier molecular flexibility index (Phi) is 3.16. The molecule has 2 unspecified atom stereocenters. The van der Waals surface area contributed by atoms with Gasteiger partial charge in [-0.3, -0.25) is 4.90 Å². The topological polar surface area (TPSA) is 63.4 Å². The van der Waals surface area contributed by atoms with Gasteiger partial charge >= 0.3 is 6.18 Å². The summed E-state index contributed by atoms with van der Waals surface area (Å²) in [6, 6.07) is -1.54. The monoisotopic (exact) mass is 272 g/mol. The Hall–Kier alpha value is -0.340. The average molecular weight is 272 g/mol. The molecule has 1 heterocycles. The number of alkyl halides is 3. The summed E-state index contributed by atoms with van der Waals surface area (Å²) in [6.45, 7) is -1.06. The molecule has 4 nitrogen and oxygen atoms in total. The van der Waals surface area contributed by atoms with Crippen molar-refractivity contribution in [2.75, 3.05) is 18.1 Å². The maximum absolute atomic E-state index is 12.4. The van der Waals surface area contributed by atoms with Gasteiger partial charge in [0, 0.05) is 18.1 Å². The standard InChI is InChI=1S/C9H15F3N2O2S/c10-9(11,12)5-14(6-1-2-6)8-4-17(15,16)3-7(8)13/h6-8H,1-5,13H2. The first-order valence-electron chi connectivity index (χ1n) is 5.46. The molecule has 0 aromatic carbocycles. The maximum Gasteiger partial charge on any atom is 0.401 e. The highest BCUT2D eigenvalue weighted by Crippen LogP contribution is 2.34. The Morgan fingerprint density at radius 3 is 2.18 bits per heavy atom. The van der Waals surface area contributed by atoms with Gasteiger partial charge in [-0.05, 0) is 12.8 Å². The summed E-state index contributed by atoms with van der Waals surface area (Å²) in [5, 5.41) is 0. The van der Waals surface area contributed by atoms with Crippen LogP contribution in [0.4, 0.5) is 13.2 Å². The highest BCUT2D eigenvalue weighted by Gasteiger charge is 2.47. The van der Waals surface area contributed by atoms with E-state index in [0.717, 1.165) is 0 Å². The van der Waals surface area contributed by atoms with Crippen molar-refractivity contribution < 1.29 is 21.6 Å². The van der Waals surface area contributed by atoms with E-state index >= 15 is 0 Å². The van der Waals surface area contributed by atoms with Crippen molar-refractivity contribution in [1.29, 1.82) is 0 Å². The number of hydrogen-bond acceptors (Lipinski definition) is 4. The molecule has 100 valence electrons. The lowest BCUT2D eigenvalue weighted by Gasteiger charge is -2.31. The Labute approximate surface area is 97.9 Å². The fourth-order valence-corrected chi connectivity index (χ4v) is 4.23. The predicted octanol–water partition coefficient (Wildman–Crippen LogP) is 0.137. The molecule has 0 radical (unpaired) electrons. The van der Waals surface area contributed by atoms with Crippen LogP contribution < -0.4 is 5.73 Å². The first kappa shape index (κ1) is 13.1. The summed E-state index contributed by atoms with van der Waals surface area (Å²) in [7, 11) is -3.29. The largest absolute Gasteiger partial charge is 0.401 e. The molecule has 17 heavy (non-hydrogen) atoms. The summed E-state index contributed by atoms with van der Waals surface area (Å²) >= 11 is 0. The van der Waals surface area contributed by atoms with Crippen LogP contribution in [0, 0.1) is 0 Å². The van der Waals surface area contributed by atoms with Crippen LogP contribution in [-0.2, 0) is 9.84 Å². The van der Waals surface area contributed by atoms with Crippen LogP contribution in [0.25, 0.3) is 0 Å². The van der Waals surface area contributed by atoms with Crippen LogP contribution in [0.5, 0.6) is 0 Å². The van der Waals surface area contributed by atoms with Gasteiger partial charge in [-0.2, -0.15) is 13.2 Å². The lowest BCUT2D eigenvalue weighted by Crippen LogP contribution is -2.51. The Balaban J connectivity index is 2.11. The van der Waals surface area contributed by atoms with Gasteiger partial charge in [0.15, 0.2) is 9.84 Å². The minimum atomic E-state index is -4.31. The van der Waals surface area contributed by atoms with Gasteiger partial charge in [-0.1, -0.05) is 0 Å². The van der Waals surface area contributed by atoms with E-state index in [2.05, 4.69) is 0 Å². The SMILES string of the molecule is NC1CS(=O)(=O)CC1N(CC(F)(F)F)C1CC1. The number of sulfone groups is 1. The van der Waals surface area contributed by atoms with Crippen molar-refractivity contribution in [3.63, 3.8) is 0 Å².